The second-order valence-corrected chi connectivity index (χ2v) is 11.8. The number of imide groups is 1. The number of amides is 3. The lowest BCUT2D eigenvalue weighted by Gasteiger charge is -2.50. The third-order valence-electron chi connectivity index (χ3n) is 6.95. The largest absolute Gasteiger partial charge is 0.364 e. The van der Waals surface area contributed by atoms with Crippen molar-refractivity contribution in [2.45, 2.75) is 72.4 Å². The molecule has 1 unspecified atom stereocenters. The van der Waals surface area contributed by atoms with E-state index in [1.165, 1.54) is 11.3 Å². The van der Waals surface area contributed by atoms with Crippen LogP contribution in [0.25, 0.3) is 6.08 Å². The first-order valence-corrected chi connectivity index (χ1v) is 13.2. The molecule has 7 heteroatoms. The maximum Gasteiger partial charge on any atom is 0.294 e. The fourth-order valence-electron chi connectivity index (χ4n) is 5.61. The molecule has 2 heterocycles. The Labute approximate surface area is 218 Å². The topological polar surface area (TPSA) is 69.7 Å². The van der Waals surface area contributed by atoms with Gasteiger partial charge in [0, 0.05) is 23.0 Å². The predicted octanol–water partition coefficient (Wildman–Crippen LogP) is 6.48. The van der Waals surface area contributed by atoms with Crippen LogP contribution < -0.4 is 10.2 Å². The number of hydrogen-bond acceptors (Lipinski definition) is 5. The molecule has 1 N–H and O–H groups in total. The lowest BCUT2D eigenvalue weighted by Crippen LogP contribution is -2.51. The van der Waals surface area contributed by atoms with Crippen LogP contribution in [0, 0.1) is 13.8 Å². The van der Waals surface area contributed by atoms with E-state index in [0.29, 0.717) is 22.6 Å². The normalized spacial score (nSPS) is 20.3. The summed E-state index contributed by atoms with van der Waals surface area (Å²) in [5, 5.41) is 2.38. The van der Waals surface area contributed by atoms with Gasteiger partial charge in [-0.05, 0) is 107 Å². The molecule has 2 aromatic rings. The van der Waals surface area contributed by atoms with Gasteiger partial charge in [-0.25, -0.2) is 0 Å². The Hall–Kier alpha value is -3.06. The number of hydrogen-bond donors (Lipinski definition) is 1. The van der Waals surface area contributed by atoms with Gasteiger partial charge in [0.25, 0.3) is 11.1 Å². The van der Waals surface area contributed by atoms with Crippen molar-refractivity contribution in [3.8, 4) is 0 Å². The Kier molecular flexibility index (Phi) is 7.06. The summed E-state index contributed by atoms with van der Waals surface area (Å²) in [7, 11) is 0. The molecule has 3 amide bonds. The molecule has 0 radical (unpaired) electrons. The van der Waals surface area contributed by atoms with Crippen LogP contribution in [0.1, 0.15) is 69.2 Å². The van der Waals surface area contributed by atoms with Crippen LogP contribution >= 0.6 is 11.8 Å². The number of rotatable bonds is 5. The third-order valence-corrected chi connectivity index (χ3v) is 7.85. The van der Waals surface area contributed by atoms with Crippen LogP contribution in [-0.2, 0) is 9.59 Å². The Morgan fingerprint density at radius 3 is 2.56 bits per heavy atom. The quantitative estimate of drug-likeness (QED) is 0.471. The fourth-order valence-corrected chi connectivity index (χ4v) is 6.45. The van der Waals surface area contributed by atoms with Crippen LogP contribution in [0.4, 0.5) is 16.2 Å². The molecule has 0 saturated carbocycles. The van der Waals surface area contributed by atoms with Crippen LogP contribution in [-0.4, -0.2) is 40.1 Å². The van der Waals surface area contributed by atoms with Crippen molar-refractivity contribution < 1.29 is 14.4 Å². The van der Waals surface area contributed by atoms with E-state index in [1.807, 2.05) is 38.1 Å². The van der Waals surface area contributed by atoms with Gasteiger partial charge in [0.15, 0.2) is 0 Å². The van der Waals surface area contributed by atoms with Crippen molar-refractivity contribution in [3.63, 3.8) is 0 Å². The molecule has 0 spiro atoms. The maximum absolute atomic E-state index is 13.0. The highest BCUT2D eigenvalue weighted by molar-refractivity contribution is 8.18. The lowest BCUT2D eigenvalue weighted by molar-refractivity contribution is -0.127. The Morgan fingerprint density at radius 1 is 1.17 bits per heavy atom. The van der Waals surface area contributed by atoms with Crippen molar-refractivity contribution in [3.05, 3.63) is 63.6 Å². The van der Waals surface area contributed by atoms with E-state index < -0.39 is 17.1 Å². The van der Waals surface area contributed by atoms with E-state index >= 15 is 0 Å². The summed E-state index contributed by atoms with van der Waals surface area (Å²) in [6.07, 6.45) is 2.80. The highest BCUT2D eigenvalue weighted by Gasteiger charge is 2.38. The number of aryl methyl sites for hydroxylation is 2. The van der Waals surface area contributed by atoms with Crippen LogP contribution in [0.2, 0.25) is 0 Å². The van der Waals surface area contributed by atoms with Gasteiger partial charge in [0.2, 0.25) is 5.91 Å². The number of nitrogens with one attached hydrogen (secondary N) is 1. The van der Waals surface area contributed by atoms with Crippen molar-refractivity contribution >= 4 is 46.3 Å². The molecule has 2 aliphatic heterocycles. The second-order valence-electron chi connectivity index (χ2n) is 10.8. The number of benzene rings is 2. The molecule has 4 rings (SSSR count). The summed E-state index contributed by atoms with van der Waals surface area (Å²) >= 11 is 0.882. The van der Waals surface area contributed by atoms with Crippen LogP contribution in [0.5, 0.6) is 0 Å². The maximum atomic E-state index is 13.0. The van der Waals surface area contributed by atoms with Gasteiger partial charge >= 0.3 is 0 Å². The number of thioether (sulfide) groups is 1. The smallest absolute Gasteiger partial charge is 0.294 e. The van der Waals surface area contributed by atoms with Crippen LogP contribution in [0.15, 0.2) is 41.3 Å². The van der Waals surface area contributed by atoms with Gasteiger partial charge in [0.1, 0.15) is 6.54 Å². The zero-order valence-corrected chi connectivity index (χ0v) is 23.0. The van der Waals surface area contributed by atoms with Gasteiger partial charge in [-0.15, -0.1) is 0 Å². The van der Waals surface area contributed by atoms with E-state index in [9.17, 15) is 14.4 Å². The lowest BCUT2D eigenvalue weighted by atomic mass is 9.79. The molecule has 2 aliphatic rings. The monoisotopic (exact) mass is 505 g/mol. The zero-order valence-electron chi connectivity index (χ0n) is 22.1. The number of carbonyl (C=O) groups excluding carboxylic acids is 3. The molecule has 0 aromatic heterocycles. The molecule has 36 heavy (non-hydrogen) atoms. The average molecular weight is 506 g/mol. The third kappa shape index (κ3) is 5.07. The van der Waals surface area contributed by atoms with Gasteiger partial charge in [-0.3, -0.25) is 19.3 Å². The summed E-state index contributed by atoms with van der Waals surface area (Å²) in [5.41, 5.74) is 6.12. The molecular formula is C29H35N3O3S. The molecule has 2 aromatic carbocycles. The highest BCUT2D eigenvalue weighted by atomic mass is 32.2. The average Bonchev–Trinajstić information content (AvgIpc) is 3.02. The highest BCUT2D eigenvalue weighted by Crippen LogP contribution is 2.45. The second kappa shape index (κ2) is 9.77. The molecule has 6 nitrogen and oxygen atoms in total. The predicted molar refractivity (Wildman–Crippen MR) is 148 cm³/mol. The summed E-state index contributed by atoms with van der Waals surface area (Å²) in [5.74, 6) is -0.455. The number of carbonyl (C=O) groups is 3. The Balaban J connectivity index is 1.52. The summed E-state index contributed by atoms with van der Waals surface area (Å²) in [6.45, 7) is 14.8. The van der Waals surface area contributed by atoms with Crippen molar-refractivity contribution in [2.75, 3.05) is 16.8 Å². The van der Waals surface area contributed by atoms with Crippen molar-refractivity contribution in [1.82, 2.24) is 4.90 Å². The number of anilines is 2. The SMILES string of the molecule is Cc1ccc(NC(=O)CN2C(=O)S/C(=C\c3ccc4c(c3)C(C)CC(C)(C)N4C(C)C)C2=O)c(C)c1. The molecule has 1 fully saturated rings. The number of fused-ring (bicyclic) bond motifs is 1. The molecule has 1 saturated heterocycles. The van der Waals surface area contributed by atoms with E-state index in [-0.39, 0.29) is 12.1 Å². The standard InChI is InChI=1S/C29H35N3O3S/c1-17(2)32-24-11-9-21(13-22(24)20(5)15-29(32,6)7)14-25-27(34)31(28(35)36-25)16-26(33)30-23-10-8-18(3)12-19(23)4/h8-14,17,20H,15-16H2,1-7H3,(H,30,33)/b25-14-. The minimum atomic E-state index is -0.434. The summed E-state index contributed by atoms with van der Waals surface area (Å²) < 4.78 is 0. The molecular weight excluding hydrogens is 470 g/mol. The van der Waals surface area contributed by atoms with E-state index in [4.69, 9.17) is 0 Å². The van der Waals surface area contributed by atoms with Gasteiger partial charge in [0.05, 0.1) is 4.91 Å². The zero-order chi connectivity index (χ0) is 26.4. The van der Waals surface area contributed by atoms with Gasteiger partial charge in [-0.1, -0.05) is 30.7 Å². The first-order chi connectivity index (χ1) is 16.9. The fraction of sp³-hybridized carbons (Fsp3) is 0.414. The summed E-state index contributed by atoms with van der Waals surface area (Å²) in [6, 6.07) is 12.3. The van der Waals surface area contributed by atoms with E-state index in [2.05, 4.69) is 57.0 Å². The van der Waals surface area contributed by atoms with Gasteiger partial charge < -0.3 is 10.2 Å². The summed E-state index contributed by atoms with van der Waals surface area (Å²) in [4.78, 5) is 42.0. The van der Waals surface area contributed by atoms with Crippen LogP contribution in [0.3, 0.4) is 0 Å². The first-order valence-electron chi connectivity index (χ1n) is 12.4. The minimum Gasteiger partial charge on any atom is -0.364 e. The molecule has 1 atom stereocenters. The van der Waals surface area contributed by atoms with Gasteiger partial charge in [-0.2, -0.15) is 0 Å². The Bertz CT molecular complexity index is 1260. The molecule has 0 bridgehead atoms. The number of nitrogens with zero attached hydrogens (tertiary/aromatic N) is 2. The minimum absolute atomic E-state index is 0.0580. The van der Waals surface area contributed by atoms with Crippen molar-refractivity contribution in [1.29, 1.82) is 0 Å². The molecule has 0 aliphatic carbocycles. The van der Waals surface area contributed by atoms with E-state index in [0.717, 1.165) is 39.8 Å². The first kappa shape index (κ1) is 26.0. The van der Waals surface area contributed by atoms with E-state index in [1.54, 1.807) is 6.08 Å². The molecule has 190 valence electrons. The Morgan fingerprint density at radius 2 is 1.89 bits per heavy atom. The van der Waals surface area contributed by atoms with Crippen molar-refractivity contribution in [2.24, 2.45) is 0 Å².